The molecule has 1 heterocycles. The predicted molar refractivity (Wildman–Crippen MR) is 52.1 cm³/mol. The molecule has 0 saturated carbocycles. The molecular weight excluding hydrogens is 184 g/mol. The van der Waals surface area contributed by atoms with Gasteiger partial charge in [-0.15, -0.1) is 0 Å². The van der Waals surface area contributed by atoms with E-state index in [0.717, 1.165) is 26.1 Å². The van der Waals surface area contributed by atoms with Crippen LogP contribution in [0.4, 0.5) is 0 Å². The van der Waals surface area contributed by atoms with E-state index in [9.17, 15) is 4.79 Å². The summed E-state index contributed by atoms with van der Waals surface area (Å²) in [5.41, 5.74) is 5.37. The Morgan fingerprint density at radius 3 is 2.79 bits per heavy atom. The van der Waals surface area contributed by atoms with Gasteiger partial charge in [0, 0.05) is 19.3 Å². The average Bonchev–Trinajstić information content (AvgIpc) is 2.19. The summed E-state index contributed by atoms with van der Waals surface area (Å²) in [7, 11) is 0. The minimum absolute atomic E-state index is 0.463. The molecule has 5 heteroatoms. The van der Waals surface area contributed by atoms with Crippen molar-refractivity contribution in [3.05, 3.63) is 0 Å². The third-order valence-electron chi connectivity index (χ3n) is 2.43. The Morgan fingerprint density at radius 1 is 1.57 bits per heavy atom. The third kappa shape index (κ3) is 4.04. The van der Waals surface area contributed by atoms with Crippen LogP contribution in [0.2, 0.25) is 0 Å². The molecule has 14 heavy (non-hydrogen) atoms. The zero-order valence-electron chi connectivity index (χ0n) is 8.24. The second kappa shape index (κ2) is 5.95. The van der Waals surface area contributed by atoms with Crippen molar-refractivity contribution in [3.8, 4) is 0 Å². The molecule has 1 aliphatic rings. The van der Waals surface area contributed by atoms with Crippen LogP contribution < -0.4 is 11.1 Å². The van der Waals surface area contributed by atoms with Gasteiger partial charge >= 0.3 is 5.97 Å². The van der Waals surface area contributed by atoms with E-state index in [-0.39, 0.29) is 0 Å². The van der Waals surface area contributed by atoms with E-state index in [2.05, 4.69) is 5.32 Å². The van der Waals surface area contributed by atoms with Crippen LogP contribution in [0.15, 0.2) is 0 Å². The molecule has 0 aliphatic carbocycles. The van der Waals surface area contributed by atoms with Gasteiger partial charge in [-0.3, -0.25) is 4.79 Å². The first-order chi connectivity index (χ1) is 6.70. The highest BCUT2D eigenvalue weighted by Crippen LogP contribution is 2.05. The molecule has 82 valence electrons. The van der Waals surface area contributed by atoms with E-state index in [0.29, 0.717) is 19.0 Å². The smallest absolute Gasteiger partial charge is 0.320 e. The van der Waals surface area contributed by atoms with Crippen LogP contribution in [-0.4, -0.2) is 42.9 Å². The van der Waals surface area contributed by atoms with Gasteiger partial charge in [0.05, 0.1) is 0 Å². The number of nitrogens with one attached hydrogen (secondary N) is 1. The lowest BCUT2D eigenvalue weighted by atomic mass is 10.1. The minimum Gasteiger partial charge on any atom is -0.480 e. The highest BCUT2D eigenvalue weighted by Gasteiger charge is 2.15. The van der Waals surface area contributed by atoms with Gasteiger partial charge in [-0.05, 0) is 25.8 Å². The van der Waals surface area contributed by atoms with Gasteiger partial charge in [-0.2, -0.15) is 0 Å². The summed E-state index contributed by atoms with van der Waals surface area (Å²) >= 11 is 0. The van der Waals surface area contributed by atoms with Crippen LogP contribution in [-0.2, 0) is 9.53 Å². The van der Waals surface area contributed by atoms with Gasteiger partial charge in [-0.25, -0.2) is 0 Å². The minimum atomic E-state index is -0.932. The number of carboxylic acid groups (broad SMARTS) is 1. The van der Waals surface area contributed by atoms with Crippen LogP contribution in [0.3, 0.4) is 0 Å². The number of rotatable bonds is 5. The Labute approximate surface area is 83.6 Å². The monoisotopic (exact) mass is 202 g/mol. The summed E-state index contributed by atoms with van der Waals surface area (Å²) < 4.78 is 5.21. The Morgan fingerprint density at radius 2 is 2.21 bits per heavy atom. The van der Waals surface area contributed by atoms with Gasteiger partial charge in [0.25, 0.3) is 0 Å². The second-order valence-electron chi connectivity index (χ2n) is 3.57. The predicted octanol–water partition coefficient (Wildman–Crippen LogP) is -0.443. The highest BCUT2D eigenvalue weighted by atomic mass is 16.5. The van der Waals surface area contributed by atoms with Crippen LogP contribution in [0.1, 0.15) is 19.3 Å². The van der Waals surface area contributed by atoms with Crippen molar-refractivity contribution in [2.45, 2.75) is 31.3 Å². The van der Waals surface area contributed by atoms with Gasteiger partial charge in [0.15, 0.2) is 0 Å². The fraction of sp³-hybridized carbons (Fsp3) is 0.889. The van der Waals surface area contributed by atoms with Gasteiger partial charge in [0.2, 0.25) is 0 Å². The molecule has 0 aromatic rings. The van der Waals surface area contributed by atoms with Crippen LogP contribution in [0.5, 0.6) is 0 Å². The average molecular weight is 202 g/mol. The molecule has 0 aromatic carbocycles. The Bertz CT molecular complexity index is 181. The summed E-state index contributed by atoms with van der Waals surface area (Å²) in [6.07, 6.45) is 2.48. The maximum atomic E-state index is 10.4. The summed E-state index contributed by atoms with van der Waals surface area (Å²) in [6.45, 7) is 2.25. The van der Waals surface area contributed by atoms with Crippen molar-refractivity contribution in [2.75, 3.05) is 19.8 Å². The molecule has 0 aromatic heterocycles. The van der Waals surface area contributed by atoms with E-state index < -0.39 is 12.0 Å². The van der Waals surface area contributed by atoms with Crippen LogP contribution >= 0.6 is 0 Å². The largest absolute Gasteiger partial charge is 0.480 e. The molecule has 0 amide bonds. The van der Waals surface area contributed by atoms with E-state index >= 15 is 0 Å². The molecule has 0 bridgehead atoms. The maximum Gasteiger partial charge on any atom is 0.320 e. The van der Waals surface area contributed by atoms with Crippen molar-refractivity contribution in [3.63, 3.8) is 0 Å². The van der Waals surface area contributed by atoms with Gasteiger partial charge in [-0.1, -0.05) is 0 Å². The van der Waals surface area contributed by atoms with Crippen LogP contribution in [0, 0.1) is 0 Å². The Hall–Kier alpha value is -0.650. The molecular formula is C9H18N2O3. The number of nitrogens with two attached hydrogens (primary N) is 1. The first-order valence-corrected chi connectivity index (χ1v) is 4.99. The van der Waals surface area contributed by atoms with Crippen molar-refractivity contribution in [1.29, 1.82) is 0 Å². The molecule has 1 unspecified atom stereocenters. The molecule has 1 aliphatic heterocycles. The molecule has 1 rings (SSSR count). The first kappa shape index (κ1) is 11.4. The number of hydrogen-bond acceptors (Lipinski definition) is 4. The van der Waals surface area contributed by atoms with Crippen LogP contribution in [0.25, 0.3) is 0 Å². The zero-order chi connectivity index (χ0) is 10.4. The summed E-state index contributed by atoms with van der Waals surface area (Å²) in [4.78, 5) is 10.4. The summed E-state index contributed by atoms with van der Waals surface area (Å²) in [6, 6.07) is -0.285. The first-order valence-electron chi connectivity index (χ1n) is 4.99. The standard InChI is InChI=1S/C9H18N2O3/c10-8(9(12)13)1-4-11-7-2-5-14-6-3-7/h7-8,11H,1-6,10H2,(H,12,13). The van der Waals surface area contributed by atoms with Crippen molar-refractivity contribution >= 4 is 5.97 Å². The molecule has 0 radical (unpaired) electrons. The van der Waals surface area contributed by atoms with E-state index in [1.165, 1.54) is 0 Å². The lowest BCUT2D eigenvalue weighted by Crippen LogP contribution is -2.39. The summed E-state index contributed by atoms with van der Waals surface area (Å²) in [5, 5.41) is 11.8. The fourth-order valence-electron chi connectivity index (χ4n) is 1.47. The highest BCUT2D eigenvalue weighted by molar-refractivity contribution is 5.72. The number of carbonyl (C=O) groups is 1. The Balaban J connectivity index is 2.05. The summed E-state index contributed by atoms with van der Waals surface area (Å²) in [5.74, 6) is -0.932. The molecule has 0 spiro atoms. The normalized spacial score (nSPS) is 20.6. The lowest BCUT2D eigenvalue weighted by molar-refractivity contribution is -0.138. The van der Waals surface area contributed by atoms with Gasteiger partial charge < -0.3 is 20.9 Å². The fourth-order valence-corrected chi connectivity index (χ4v) is 1.47. The second-order valence-corrected chi connectivity index (χ2v) is 3.57. The molecule has 1 atom stereocenters. The topological polar surface area (TPSA) is 84.6 Å². The van der Waals surface area contributed by atoms with Crippen molar-refractivity contribution in [2.24, 2.45) is 5.73 Å². The SMILES string of the molecule is NC(CCNC1CCOCC1)C(=O)O. The van der Waals surface area contributed by atoms with E-state index in [1.54, 1.807) is 0 Å². The molecule has 4 N–H and O–H groups in total. The molecule has 1 fully saturated rings. The molecule has 1 saturated heterocycles. The third-order valence-corrected chi connectivity index (χ3v) is 2.43. The van der Waals surface area contributed by atoms with E-state index in [4.69, 9.17) is 15.6 Å². The number of hydrogen-bond donors (Lipinski definition) is 3. The number of aliphatic carboxylic acids is 1. The zero-order valence-corrected chi connectivity index (χ0v) is 8.24. The number of ether oxygens (including phenoxy) is 1. The Kier molecular flexibility index (Phi) is 4.86. The molecule has 5 nitrogen and oxygen atoms in total. The lowest BCUT2D eigenvalue weighted by Gasteiger charge is -2.23. The van der Waals surface area contributed by atoms with E-state index in [1.807, 2.05) is 0 Å². The van der Waals surface area contributed by atoms with Gasteiger partial charge in [0.1, 0.15) is 6.04 Å². The van der Waals surface area contributed by atoms with Crippen molar-refractivity contribution < 1.29 is 14.6 Å². The number of carboxylic acids is 1. The maximum absolute atomic E-state index is 10.4. The van der Waals surface area contributed by atoms with Crippen molar-refractivity contribution in [1.82, 2.24) is 5.32 Å². The quantitative estimate of drug-likeness (QED) is 0.562.